The van der Waals surface area contributed by atoms with Gasteiger partial charge in [-0.2, -0.15) is 4.31 Å². The summed E-state index contributed by atoms with van der Waals surface area (Å²) in [7, 11) is -2.18. The second-order valence-electron chi connectivity index (χ2n) is 4.94. The third-order valence-corrected chi connectivity index (χ3v) is 6.48. The summed E-state index contributed by atoms with van der Waals surface area (Å²) in [5.74, 6) is 0. The number of benzene rings is 2. The number of thiazole rings is 1. The van der Waals surface area contributed by atoms with E-state index >= 15 is 0 Å². The summed E-state index contributed by atoms with van der Waals surface area (Å²) in [6.07, 6.45) is 0. The van der Waals surface area contributed by atoms with Gasteiger partial charge in [-0.15, -0.1) is 11.3 Å². The van der Waals surface area contributed by atoms with Gasteiger partial charge in [0.2, 0.25) is 10.0 Å². The molecule has 0 radical (unpaired) electrons. The maximum atomic E-state index is 12.6. The van der Waals surface area contributed by atoms with Gasteiger partial charge in [-0.05, 0) is 30.3 Å². The predicted molar refractivity (Wildman–Crippen MR) is 94.7 cm³/mol. The molecular formula is C15H12Cl2N2O2S2. The van der Waals surface area contributed by atoms with Crippen LogP contribution in [-0.2, 0) is 16.6 Å². The molecule has 1 heterocycles. The maximum absolute atomic E-state index is 12.6. The minimum atomic E-state index is -3.69. The summed E-state index contributed by atoms with van der Waals surface area (Å²) in [6, 6.07) is 12.0. The van der Waals surface area contributed by atoms with Crippen LogP contribution in [0.2, 0.25) is 10.0 Å². The highest BCUT2D eigenvalue weighted by Gasteiger charge is 2.23. The lowest BCUT2D eigenvalue weighted by molar-refractivity contribution is 0.466. The molecule has 0 spiro atoms. The Kier molecular flexibility index (Phi) is 4.62. The Labute approximate surface area is 148 Å². The van der Waals surface area contributed by atoms with Crippen LogP contribution in [0.1, 0.15) is 5.01 Å². The Bertz CT molecular complexity index is 917. The molecule has 0 aliphatic rings. The van der Waals surface area contributed by atoms with Crippen molar-refractivity contribution in [1.82, 2.24) is 9.29 Å². The predicted octanol–water partition coefficient (Wildman–Crippen LogP) is 4.42. The fourth-order valence-electron chi connectivity index (χ4n) is 2.12. The number of halogens is 2. The van der Waals surface area contributed by atoms with Crippen molar-refractivity contribution in [1.29, 1.82) is 0 Å². The van der Waals surface area contributed by atoms with Crippen LogP contribution in [0.4, 0.5) is 0 Å². The lowest BCUT2D eigenvalue weighted by Crippen LogP contribution is -2.26. The van der Waals surface area contributed by atoms with Crippen LogP contribution in [0.3, 0.4) is 0 Å². The fraction of sp³-hybridized carbons (Fsp3) is 0.133. The first-order valence-corrected chi connectivity index (χ1v) is 9.64. The average molecular weight is 387 g/mol. The molecule has 4 nitrogen and oxygen atoms in total. The smallest absolute Gasteiger partial charge is 0.240 e. The normalized spacial score (nSPS) is 12.2. The van der Waals surface area contributed by atoms with Crippen LogP contribution >= 0.6 is 34.5 Å². The zero-order chi connectivity index (χ0) is 16.6. The van der Waals surface area contributed by atoms with E-state index in [2.05, 4.69) is 4.98 Å². The van der Waals surface area contributed by atoms with Gasteiger partial charge < -0.3 is 0 Å². The molecule has 3 aromatic rings. The van der Waals surface area contributed by atoms with E-state index in [1.54, 1.807) is 0 Å². The SMILES string of the molecule is CN(Cc1nc2ccccc2s1)S(=O)(=O)c1cc(Cl)cc(Cl)c1. The summed E-state index contributed by atoms with van der Waals surface area (Å²) in [5.41, 5.74) is 0.865. The molecule has 2 aromatic carbocycles. The molecule has 0 saturated carbocycles. The molecule has 3 rings (SSSR count). The second-order valence-corrected chi connectivity index (χ2v) is 8.97. The fourth-order valence-corrected chi connectivity index (χ4v) is 5.08. The van der Waals surface area contributed by atoms with E-state index < -0.39 is 10.0 Å². The van der Waals surface area contributed by atoms with Crippen molar-refractivity contribution in [2.24, 2.45) is 0 Å². The summed E-state index contributed by atoms with van der Waals surface area (Å²) in [5, 5.41) is 1.29. The van der Waals surface area contributed by atoms with Gasteiger partial charge in [-0.3, -0.25) is 0 Å². The summed E-state index contributed by atoms with van der Waals surface area (Å²) in [6.45, 7) is 0.186. The van der Waals surface area contributed by atoms with E-state index in [-0.39, 0.29) is 21.5 Å². The lowest BCUT2D eigenvalue weighted by Gasteiger charge is -2.16. The lowest BCUT2D eigenvalue weighted by atomic mass is 10.3. The zero-order valence-electron chi connectivity index (χ0n) is 12.0. The van der Waals surface area contributed by atoms with E-state index in [0.29, 0.717) is 0 Å². The molecule has 0 amide bonds. The number of rotatable bonds is 4. The van der Waals surface area contributed by atoms with Crippen LogP contribution in [0.5, 0.6) is 0 Å². The third-order valence-electron chi connectivity index (χ3n) is 3.24. The molecule has 0 aliphatic heterocycles. The third kappa shape index (κ3) is 3.51. The van der Waals surface area contributed by atoms with Crippen molar-refractivity contribution in [3.63, 3.8) is 0 Å². The van der Waals surface area contributed by atoms with Gasteiger partial charge in [0.1, 0.15) is 5.01 Å². The highest BCUT2D eigenvalue weighted by Crippen LogP contribution is 2.27. The number of aromatic nitrogens is 1. The van der Waals surface area contributed by atoms with Gasteiger partial charge in [-0.1, -0.05) is 35.3 Å². The maximum Gasteiger partial charge on any atom is 0.243 e. The van der Waals surface area contributed by atoms with E-state index in [1.807, 2.05) is 24.3 Å². The largest absolute Gasteiger partial charge is 0.243 e. The van der Waals surface area contributed by atoms with Crippen LogP contribution in [0, 0.1) is 0 Å². The van der Waals surface area contributed by atoms with Gasteiger partial charge in [0, 0.05) is 17.1 Å². The van der Waals surface area contributed by atoms with Crippen molar-refractivity contribution in [2.45, 2.75) is 11.4 Å². The molecule has 0 saturated heterocycles. The first-order valence-electron chi connectivity index (χ1n) is 6.63. The molecule has 8 heteroatoms. The Balaban J connectivity index is 1.90. The Morgan fingerprint density at radius 1 is 1.13 bits per heavy atom. The number of fused-ring (bicyclic) bond motifs is 1. The Hall–Kier alpha value is -1.18. The molecule has 0 unspecified atom stereocenters. The average Bonchev–Trinajstić information content (AvgIpc) is 2.88. The minimum Gasteiger partial charge on any atom is -0.240 e. The van der Waals surface area contributed by atoms with E-state index in [1.165, 1.54) is 40.9 Å². The molecule has 1 aromatic heterocycles. The molecule has 0 atom stereocenters. The number of para-hydroxylation sites is 1. The van der Waals surface area contributed by atoms with Crippen molar-refractivity contribution in [2.75, 3.05) is 7.05 Å². The Morgan fingerprint density at radius 2 is 1.78 bits per heavy atom. The Morgan fingerprint density at radius 3 is 2.43 bits per heavy atom. The van der Waals surface area contributed by atoms with E-state index in [4.69, 9.17) is 23.2 Å². The minimum absolute atomic E-state index is 0.0682. The molecule has 0 bridgehead atoms. The molecule has 0 N–H and O–H groups in total. The van der Waals surface area contributed by atoms with Gasteiger partial charge in [-0.25, -0.2) is 13.4 Å². The molecular weight excluding hydrogens is 375 g/mol. The molecule has 120 valence electrons. The van der Waals surface area contributed by atoms with Gasteiger partial charge in [0.05, 0.1) is 21.7 Å². The standard InChI is InChI=1S/C15H12Cl2N2O2S2/c1-19(9-15-18-13-4-2-3-5-14(13)22-15)23(20,21)12-7-10(16)6-11(17)8-12/h2-8H,9H2,1H3. The van der Waals surface area contributed by atoms with Crippen LogP contribution in [0.25, 0.3) is 10.2 Å². The number of hydrogen-bond donors (Lipinski definition) is 0. The monoisotopic (exact) mass is 386 g/mol. The molecule has 0 aliphatic carbocycles. The zero-order valence-corrected chi connectivity index (χ0v) is 15.2. The first-order chi connectivity index (χ1) is 10.9. The molecule has 23 heavy (non-hydrogen) atoms. The van der Waals surface area contributed by atoms with Crippen molar-refractivity contribution in [3.05, 3.63) is 57.5 Å². The van der Waals surface area contributed by atoms with Gasteiger partial charge >= 0.3 is 0 Å². The molecule has 0 fully saturated rings. The number of hydrogen-bond acceptors (Lipinski definition) is 4. The highest BCUT2D eigenvalue weighted by atomic mass is 35.5. The van der Waals surface area contributed by atoms with Crippen LogP contribution in [-0.4, -0.2) is 24.8 Å². The summed E-state index contributed by atoms with van der Waals surface area (Å²) < 4.78 is 27.6. The van der Waals surface area contributed by atoms with Crippen molar-refractivity contribution in [3.8, 4) is 0 Å². The first kappa shape index (κ1) is 16.7. The summed E-state index contributed by atoms with van der Waals surface area (Å²) >= 11 is 13.3. The van der Waals surface area contributed by atoms with Crippen molar-refractivity contribution < 1.29 is 8.42 Å². The van der Waals surface area contributed by atoms with Crippen LogP contribution < -0.4 is 0 Å². The topological polar surface area (TPSA) is 50.3 Å². The van der Waals surface area contributed by atoms with E-state index in [9.17, 15) is 8.42 Å². The number of nitrogens with zero attached hydrogens (tertiary/aromatic N) is 2. The second kappa shape index (κ2) is 6.37. The highest BCUT2D eigenvalue weighted by molar-refractivity contribution is 7.89. The summed E-state index contributed by atoms with van der Waals surface area (Å²) in [4.78, 5) is 4.52. The quantitative estimate of drug-likeness (QED) is 0.666. The number of sulfonamides is 1. The van der Waals surface area contributed by atoms with Crippen LogP contribution in [0.15, 0.2) is 47.4 Å². The van der Waals surface area contributed by atoms with E-state index in [0.717, 1.165) is 15.2 Å². The van der Waals surface area contributed by atoms with Crippen molar-refractivity contribution >= 4 is 54.8 Å². The van der Waals surface area contributed by atoms with Gasteiger partial charge in [0.25, 0.3) is 0 Å². The van der Waals surface area contributed by atoms with Gasteiger partial charge in [0.15, 0.2) is 0 Å².